The van der Waals surface area contributed by atoms with Gasteiger partial charge in [0.05, 0.1) is 37.7 Å². The van der Waals surface area contributed by atoms with Crippen LogP contribution in [0.5, 0.6) is 11.5 Å². The molecule has 2 aromatic carbocycles. The minimum absolute atomic E-state index is 0.117. The third kappa shape index (κ3) is 5.98. The van der Waals surface area contributed by atoms with E-state index in [1.807, 2.05) is 48.2 Å². The number of aryl methyl sites for hydroxylation is 1. The van der Waals surface area contributed by atoms with E-state index >= 15 is 0 Å². The van der Waals surface area contributed by atoms with Crippen LogP contribution in [0, 0.1) is 0 Å². The first-order chi connectivity index (χ1) is 17.5. The quantitative estimate of drug-likeness (QED) is 0.482. The molecule has 4 rings (SSSR count). The summed E-state index contributed by atoms with van der Waals surface area (Å²) in [6, 6.07) is 13.0. The summed E-state index contributed by atoms with van der Waals surface area (Å²) in [6.45, 7) is 4.15. The molecule has 1 saturated heterocycles. The standard InChI is InChI=1S/C28H36N4O4/c1-20(29-26(33)19-21-12-13-24(35-2)25(18-21)36-3)28-30-22-10-6-7-11-23(22)32(28)17-14-27(34)31-15-8-4-5-9-16-31/h6-7,10-13,18,20H,4-5,8-9,14-17,19H2,1-3H3,(H,29,33). The van der Waals surface area contributed by atoms with Gasteiger partial charge >= 0.3 is 0 Å². The molecule has 8 heteroatoms. The van der Waals surface area contributed by atoms with Gasteiger partial charge in [0.1, 0.15) is 5.82 Å². The first-order valence-electron chi connectivity index (χ1n) is 12.7. The number of carbonyl (C=O) groups is 2. The Morgan fingerprint density at radius 1 is 1.00 bits per heavy atom. The lowest BCUT2D eigenvalue weighted by atomic mass is 10.1. The van der Waals surface area contributed by atoms with Gasteiger partial charge in [0.2, 0.25) is 11.8 Å². The fourth-order valence-electron chi connectivity index (χ4n) is 4.88. The molecule has 1 atom stereocenters. The Bertz CT molecular complexity index is 1200. The second kappa shape index (κ2) is 11.9. The van der Waals surface area contributed by atoms with Crippen LogP contribution >= 0.6 is 0 Å². The molecule has 1 fully saturated rings. The molecule has 192 valence electrons. The number of aromatic nitrogens is 2. The topological polar surface area (TPSA) is 85.7 Å². The molecular formula is C28H36N4O4. The average molecular weight is 493 g/mol. The highest BCUT2D eigenvalue weighted by Gasteiger charge is 2.21. The molecule has 8 nitrogen and oxygen atoms in total. The molecule has 0 aliphatic carbocycles. The van der Waals surface area contributed by atoms with Gasteiger partial charge in [-0.1, -0.05) is 31.0 Å². The van der Waals surface area contributed by atoms with Crippen LogP contribution in [-0.2, 0) is 22.6 Å². The number of ether oxygens (including phenoxy) is 2. The molecule has 36 heavy (non-hydrogen) atoms. The van der Waals surface area contributed by atoms with Gasteiger partial charge in [-0.2, -0.15) is 0 Å². The maximum Gasteiger partial charge on any atom is 0.224 e. The van der Waals surface area contributed by atoms with Crippen molar-refractivity contribution in [1.82, 2.24) is 19.8 Å². The maximum absolute atomic E-state index is 12.9. The second-order valence-corrected chi connectivity index (χ2v) is 9.31. The summed E-state index contributed by atoms with van der Waals surface area (Å²) in [5.74, 6) is 2.03. The molecule has 0 radical (unpaired) electrons. The molecule has 1 unspecified atom stereocenters. The van der Waals surface area contributed by atoms with Crippen LogP contribution < -0.4 is 14.8 Å². The summed E-state index contributed by atoms with van der Waals surface area (Å²) in [7, 11) is 3.16. The fourth-order valence-corrected chi connectivity index (χ4v) is 4.88. The van der Waals surface area contributed by atoms with E-state index in [9.17, 15) is 9.59 Å². The highest BCUT2D eigenvalue weighted by atomic mass is 16.5. The van der Waals surface area contributed by atoms with E-state index < -0.39 is 0 Å². The van der Waals surface area contributed by atoms with Crippen molar-refractivity contribution in [3.05, 3.63) is 53.9 Å². The van der Waals surface area contributed by atoms with Crippen molar-refractivity contribution in [3.8, 4) is 11.5 Å². The number of nitrogens with zero attached hydrogens (tertiary/aromatic N) is 3. The van der Waals surface area contributed by atoms with Gasteiger partial charge in [-0.25, -0.2) is 4.98 Å². The van der Waals surface area contributed by atoms with E-state index in [-0.39, 0.29) is 24.3 Å². The largest absolute Gasteiger partial charge is 0.493 e. The van der Waals surface area contributed by atoms with Gasteiger partial charge in [-0.3, -0.25) is 9.59 Å². The van der Waals surface area contributed by atoms with Gasteiger partial charge in [0.15, 0.2) is 11.5 Å². The number of methoxy groups -OCH3 is 2. The second-order valence-electron chi connectivity index (χ2n) is 9.31. The number of imidazole rings is 1. The van der Waals surface area contributed by atoms with Crippen LogP contribution in [0.2, 0.25) is 0 Å². The summed E-state index contributed by atoms with van der Waals surface area (Å²) in [6.07, 6.45) is 5.17. The molecule has 3 aromatic rings. The Kier molecular flexibility index (Phi) is 8.46. The van der Waals surface area contributed by atoms with Crippen molar-refractivity contribution in [3.63, 3.8) is 0 Å². The van der Waals surface area contributed by atoms with Crippen LogP contribution in [-0.4, -0.2) is 53.6 Å². The number of benzene rings is 2. The predicted molar refractivity (Wildman–Crippen MR) is 139 cm³/mol. The van der Waals surface area contributed by atoms with E-state index in [2.05, 4.69) is 9.88 Å². The van der Waals surface area contributed by atoms with Gasteiger partial charge < -0.3 is 24.3 Å². The summed E-state index contributed by atoms with van der Waals surface area (Å²) in [5, 5.41) is 3.08. The minimum Gasteiger partial charge on any atom is -0.493 e. The monoisotopic (exact) mass is 492 g/mol. The van der Waals surface area contributed by atoms with E-state index in [0.717, 1.165) is 48.4 Å². The third-order valence-corrected chi connectivity index (χ3v) is 6.77. The Balaban J connectivity index is 1.47. The number of rotatable bonds is 9. The van der Waals surface area contributed by atoms with Crippen LogP contribution in [0.25, 0.3) is 11.0 Å². The molecule has 0 bridgehead atoms. The number of nitrogens with one attached hydrogen (secondary N) is 1. The van der Waals surface area contributed by atoms with Crippen molar-refractivity contribution in [2.45, 2.75) is 58.0 Å². The molecule has 0 spiro atoms. The summed E-state index contributed by atoms with van der Waals surface area (Å²) in [4.78, 5) is 32.7. The van der Waals surface area contributed by atoms with Crippen molar-refractivity contribution in [1.29, 1.82) is 0 Å². The van der Waals surface area contributed by atoms with E-state index in [4.69, 9.17) is 14.5 Å². The summed E-state index contributed by atoms with van der Waals surface area (Å²) in [5.41, 5.74) is 2.65. The first-order valence-corrected chi connectivity index (χ1v) is 12.7. The van der Waals surface area contributed by atoms with Crippen LogP contribution in [0.4, 0.5) is 0 Å². The Hall–Kier alpha value is -3.55. The van der Waals surface area contributed by atoms with Crippen molar-refractivity contribution < 1.29 is 19.1 Å². The Labute approximate surface area is 212 Å². The van der Waals surface area contributed by atoms with Crippen molar-refractivity contribution >= 4 is 22.8 Å². The zero-order chi connectivity index (χ0) is 25.5. The number of amides is 2. The maximum atomic E-state index is 12.9. The van der Waals surface area contributed by atoms with E-state index in [1.54, 1.807) is 20.3 Å². The molecular weight excluding hydrogens is 456 g/mol. The lowest BCUT2D eigenvalue weighted by molar-refractivity contribution is -0.131. The Morgan fingerprint density at radius 2 is 1.72 bits per heavy atom. The fraction of sp³-hybridized carbons (Fsp3) is 0.464. The average Bonchev–Trinajstić information content (AvgIpc) is 3.04. The number of carbonyl (C=O) groups excluding carboxylic acids is 2. The highest BCUT2D eigenvalue weighted by Crippen LogP contribution is 2.28. The normalized spacial score (nSPS) is 14.8. The van der Waals surface area contributed by atoms with Crippen molar-refractivity contribution in [2.75, 3.05) is 27.3 Å². The van der Waals surface area contributed by atoms with E-state index in [0.29, 0.717) is 24.5 Å². The molecule has 1 N–H and O–H groups in total. The number of fused-ring (bicyclic) bond motifs is 1. The number of hydrogen-bond acceptors (Lipinski definition) is 5. The Morgan fingerprint density at radius 3 is 2.44 bits per heavy atom. The number of hydrogen-bond donors (Lipinski definition) is 1. The number of para-hydroxylation sites is 2. The van der Waals surface area contributed by atoms with Gasteiger partial charge in [0, 0.05) is 26.1 Å². The summed E-state index contributed by atoms with van der Waals surface area (Å²) < 4.78 is 12.7. The number of likely N-dealkylation sites (tertiary alicyclic amines) is 1. The lowest BCUT2D eigenvalue weighted by Gasteiger charge is -2.21. The molecule has 1 aromatic heterocycles. The van der Waals surface area contributed by atoms with Crippen LogP contribution in [0.3, 0.4) is 0 Å². The van der Waals surface area contributed by atoms with Gasteiger partial charge in [-0.15, -0.1) is 0 Å². The van der Waals surface area contributed by atoms with Crippen molar-refractivity contribution in [2.24, 2.45) is 0 Å². The smallest absolute Gasteiger partial charge is 0.224 e. The van der Waals surface area contributed by atoms with Crippen LogP contribution in [0.1, 0.15) is 56.5 Å². The molecule has 2 heterocycles. The highest BCUT2D eigenvalue weighted by molar-refractivity contribution is 5.80. The summed E-state index contributed by atoms with van der Waals surface area (Å²) >= 11 is 0. The predicted octanol–water partition coefficient (Wildman–Crippen LogP) is 4.27. The molecule has 0 saturated carbocycles. The third-order valence-electron chi connectivity index (χ3n) is 6.77. The first kappa shape index (κ1) is 25.5. The molecule has 1 aliphatic rings. The zero-order valence-electron chi connectivity index (χ0n) is 21.5. The molecule has 2 amide bonds. The minimum atomic E-state index is -0.321. The van der Waals surface area contributed by atoms with Gasteiger partial charge in [0.25, 0.3) is 0 Å². The molecule has 1 aliphatic heterocycles. The van der Waals surface area contributed by atoms with E-state index in [1.165, 1.54) is 12.8 Å². The zero-order valence-corrected chi connectivity index (χ0v) is 21.5. The SMILES string of the molecule is COc1ccc(CC(=O)NC(C)c2nc3ccccc3n2CCC(=O)N2CCCCCC2)cc1OC. The van der Waals surface area contributed by atoms with Gasteiger partial charge in [-0.05, 0) is 49.6 Å². The lowest BCUT2D eigenvalue weighted by Crippen LogP contribution is -2.33. The van der Waals surface area contributed by atoms with Crippen LogP contribution in [0.15, 0.2) is 42.5 Å².